The number of halogens is 2. The van der Waals surface area contributed by atoms with Gasteiger partial charge in [-0.15, -0.1) is 0 Å². The van der Waals surface area contributed by atoms with E-state index in [2.05, 4.69) is 9.97 Å². The van der Waals surface area contributed by atoms with Gasteiger partial charge in [-0.05, 0) is 29.3 Å². The molecule has 0 spiro atoms. The standard InChI is InChI=1S/C11H8Cl2N2O/c12-9-3-1-2-8(4-9)7-16-10-5-14-11(13)15-6-10/h1-6H,7H2. The largest absolute Gasteiger partial charge is 0.486 e. The van der Waals surface area contributed by atoms with E-state index in [1.807, 2.05) is 24.3 Å². The van der Waals surface area contributed by atoms with Crippen LogP contribution in [0, 0.1) is 0 Å². The van der Waals surface area contributed by atoms with Gasteiger partial charge >= 0.3 is 0 Å². The molecule has 82 valence electrons. The maximum absolute atomic E-state index is 5.85. The van der Waals surface area contributed by atoms with Crippen LogP contribution in [0.4, 0.5) is 0 Å². The molecule has 5 heteroatoms. The van der Waals surface area contributed by atoms with Crippen LogP contribution >= 0.6 is 23.2 Å². The third-order valence-corrected chi connectivity index (χ3v) is 2.32. The van der Waals surface area contributed by atoms with Crippen molar-refractivity contribution in [3.8, 4) is 5.75 Å². The molecule has 0 radical (unpaired) electrons. The number of benzene rings is 1. The molecule has 0 aliphatic heterocycles. The minimum absolute atomic E-state index is 0.204. The SMILES string of the molecule is Clc1cccc(COc2cnc(Cl)nc2)c1. The van der Waals surface area contributed by atoms with Crippen LogP contribution in [-0.4, -0.2) is 9.97 Å². The maximum atomic E-state index is 5.85. The average Bonchev–Trinajstić information content (AvgIpc) is 2.28. The van der Waals surface area contributed by atoms with Gasteiger partial charge in [-0.1, -0.05) is 23.7 Å². The monoisotopic (exact) mass is 254 g/mol. The third kappa shape index (κ3) is 3.08. The Hall–Kier alpha value is -1.32. The van der Waals surface area contributed by atoms with Gasteiger partial charge in [-0.2, -0.15) is 0 Å². The lowest BCUT2D eigenvalue weighted by Gasteiger charge is -2.05. The van der Waals surface area contributed by atoms with Crippen molar-refractivity contribution in [2.45, 2.75) is 6.61 Å². The Balaban J connectivity index is 1.99. The summed E-state index contributed by atoms with van der Waals surface area (Å²) in [6.45, 7) is 0.422. The maximum Gasteiger partial charge on any atom is 0.222 e. The zero-order valence-electron chi connectivity index (χ0n) is 8.23. The fourth-order valence-corrected chi connectivity index (χ4v) is 1.48. The number of rotatable bonds is 3. The molecule has 1 heterocycles. The van der Waals surface area contributed by atoms with E-state index in [1.165, 1.54) is 12.4 Å². The van der Waals surface area contributed by atoms with Crippen LogP contribution in [0.25, 0.3) is 0 Å². The average molecular weight is 255 g/mol. The Kier molecular flexibility index (Phi) is 3.59. The highest BCUT2D eigenvalue weighted by Gasteiger charge is 1.98. The Labute approximate surface area is 103 Å². The van der Waals surface area contributed by atoms with E-state index < -0.39 is 0 Å². The molecule has 0 N–H and O–H groups in total. The molecule has 2 rings (SSSR count). The Morgan fingerprint density at radius 2 is 1.88 bits per heavy atom. The van der Waals surface area contributed by atoms with Gasteiger partial charge in [-0.25, -0.2) is 9.97 Å². The first-order valence-corrected chi connectivity index (χ1v) is 5.34. The van der Waals surface area contributed by atoms with Gasteiger partial charge in [0, 0.05) is 5.02 Å². The first-order valence-electron chi connectivity index (χ1n) is 4.59. The lowest BCUT2D eigenvalue weighted by Crippen LogP contribution is -1.96. The summed E-state index contributed by atoms with van der Waals surface area (Å²) in [7, 11) is 0. The molecule has 0 fully saturated rings. The van der Waals surface area contributed by atoms with Gasteiger partial charge < -0.3 is 4.74 Å². The van der Waals surface area contributed by atoms with Crippen LogP contribution in [0.5, 0.6) is 5.75 Å². The lowest BCUT2D eigenvalue weighted by molar-refractivity contribution is 0.303. The van der Waals surface area contributed by atoms with Crippen LogP contribution in [-0.2, 0) is 6.61 Å². The quantitative estimate of drug-likeness (QED) is 0.789. The van der Waals surface area contributed by atoms with Crippen LogP contribution in [0.1, 0.15) is 5.56 Å². The second-order valence-corrected chi connectivity index (χ2v) is 3.88. The highest BCUT2D eigenvalue weighted by molar-refractivity contribution is 6.30. The number of ether oxygens (including phenoxy) is 1. The first-order chi connectivity index (χ1) is 7.74. The van der Waals surface area contributed by atoms with Crippen molar-refractivity contribution in [3.63, 3.8) is 0 Å². The van der Waals surface area contributed by atoms with Crippen LogP contribution < -0.4 is 4.74 Å². The van der Waals surface area contributed by atoms with Crippen molar-refractivity contribution in [2.24, 2.45) is 0 Å². The van der Waals surface area contributed by atoms with Gasteiger partial charge in [0.05, 0.1) is 12.4 Å². The molecule has 0 aliphatic rings. The zero-order chi connectivity index (χ0) is 11.4. The molecule has 0 amide bonds. The smallest absolute Gasteiger partial charge is 0.222 e. The molecule has 0 saturated carbocycles. The molecule has 0 saturated heterocycles. The molecule has 2 aromatic rings. The molecule has 3 nitrogen and oxygen atoms in total. The summed E-state index contributed by atoms with van der Waals surface area (Å²) in [4.78, 5) is 7.62. The third-order valence-electron chi connectivity index (χ3n) is 1.89. The highest BCUT2D eigenvalue weighted by atomic mass is 35.5. The van der Waals surface area contributed by atoms with Gasteiger partial charge in [-0.3, -0.25) is 0 Å². The molecular formula is C11H8Cl2N2O. The Morgan fingerprint density at radius 1 is 1.12 bits per heavy atom. The van der Waals surface area contributed by atoms with Crippen molar-refractivity contribution >= 4 is 23.2 Å². The van der Waals surface area contributed by atoms with E-state index in [4.69, 9.17) is 27.9 Å². The van der Waals surface area contributed by atoms with E-state index in [9.17, 15) is 0 Å². The van der Waals surface area contributed by atoms with E-state index in [0.717, 1.165) is 5.56 Å². The van der Waals surface area contributed by atoms with Gasteiger partial charge in [0.15, 0.2) is 5.75 Å². The first kappa shape index (κ1) is 11.2. The van der Waals surface area contributed by atoms with Gasteiger partial charge in [0.2, 0.25) is 5.28 Å². The summed E-state index contributed by atoms with van der Waals surface area (Å²) in [6.07, 6.45) is 3.06. The summed E-state index contributed by atoms with van der Waals surface area (Å²) in [5.41, 5.74) is 0.988. The Bertz CT molecular complexity index is 474. The number of aromatic nitrogens is 2. The molecule has 1 aromatic heterocycles. The van der Waals surface area contributed by atoms with E-state index in [1.54, 1.807) is 0 Å². The Morgan fingerprint density at radius 3 is 2.56 bits per heavy atom. The minimum atomic E-state index is 0.204. The normalized spacial score (nSPS) is 10.1. The van der Waals surface area contributed by atoms with E-state index in [0.29, 0.717) is 17.4 Å². The summed E-state index contributed by atoms with van der Waals surface area (Å²) in [6, 6.07) is 7.47. The van der Waals surface area contributed by atoms with Crippen LogP contribution in [0.2, 0.25) is 10.3 Å². The number of hydrogen-bond acceptors (Lipinski definition) is 3. The molecule has 0 unspecified atom stereocenters. The van der Waals surface area contributed by atoms with E-state index >= 15 is 0 Å². The lowest BCUT2D eigenvalue weighted by atomic mass is 10.2. The summed E-state index contributed by atoms with van der Waals surface area (Å²) >= 11 is 11.4. The summed E-state index contributed by atoms with van der Waals surface area (Å²) in [5.74, 6) is 0.573. The summed E-state index contributed by atoms with van der Waals surface area (Å²) < 4.78 is 5.46. The van der Waals surface area contributed by atoms with Gasteiger partial charge in [0.1, 0.15) is 6.61 Å². The van der Waals surface area contributed by atoms with Crippen molar-refractivity contribution < 1.29 is 4.74 Å². The second kappa shape index (κ2) is 5.14. The van der Waals surface area contributed by atoms with Crippen LogP contribution in [0.3, 0.4) is 0 Å². The molecule has 1 aromatic carbocycles. The second-order valence-electron chi connectivity index (χ2n) is 3.11. The molecule has 0 atom stereocenters. The zero-order valence-corrected chi connectivity index (χ0v) is 9.74. The number of nitrogens with zero attached hydrogens (tertiary/aromatic N) is 2. The fraction of sp³-hybridized carbons (Fsp3) is 0.0909. The predicted octanol–water partition coefficient (Wildman–Crippen LogP) is 3.36. The van der Waals surface area contributed by atoms with Crippen molar-refractivity contribution in [1.82, 2.24) is 9.97 Å². The van der Waals surface area contributed by atoms with E-state index in [-0.39, 0.29) is 5.28 Å². The molecular weight excluding hydrogens is 247 g/mol. The highest BCUT2D eigenvalue weighted by Crippen LogP contribution is 2.14. The summed E-state index contributed by atoms with van der Waals surface area (Å²) in [5, 5.41) is 0.892. The van der Waals surface area contributed by atoms with Gasteiger partial charge in [0.25, 0.3) is 0 Å². The van der Waals surface area contributed by atoms with Crippen molar-refractivity contribution in [1.29, 1.82) is 0 Å². The van der Waals surface area contributed by atoms with Crippen molar-refractivity contribution in [2.75, 3.05) is 0 Å². The minimum Gasteiger partial charge on any atom is -0.486 e. The molecule has 0 bridgehead atoms. The molecule has 16 heavy (non-hydrogen) atoms. The molecule has 0 aliphatic carbocycles. The fourth-order valence-electron chi connectivity index (χ4n) is 1.17. The number of hydrogen-bond donors (Lipinski definition) is 0. The topological polar surface area (TPSA) is 35.0 Å². The van der Waals surface area contributed by atoms with Crippen LogP contribution in [0.15, 0.2) is 36.7 Å². The predicted molar refractivity (Wildman–Crippen MR) is 62.8 cm³/mol. The van der Waals surface area contributed by atoms with Crippen molar-refractivity contribution in [3.05, 3.63) is 52.5 Å².